The zero-order chi connectivity index (χ0) is 22.2. The average molecular weight is 431 g/mol. The average Bonchev–Trinajstić information content (AvgIpc) is 3.07. The number of aromatic nitrogens is 2. The first-order chi connectivity index (χ1) is 14.7. The molecule has 1 N–H and O–H groups in total. The predicted molar refractivity (Wildman–Crippen MR) is 105 cm³/mol. The number of nitrogens with zero attached hydrogens (tertiary/aromatic N) is 2. The van der Waals surface area contributed by atoms with E-state index in [1.165, 1.54) is 12.1 Å². The molecule has 0 radical (unpaired) electrons. The third-order valence-electron chi connectivity index (χ3n) is 4.69. The van der Waals surface area contributed by atoms with Crippen LogP contribution < -0.4 is 5.32 Å². The molecule has 0 aliphatic rings. The van der Waals surface area contributed by atoms with Crippen LogP contribution in [-0.4, -0.2) is 15.7 Å². The number of halogens is 5. The first-order valence-electron chi connectivity index (χ1n) is 9.10. The maximum atomic E-state index is 13.4. The molecule has 0 fully saturated rings. The molecule has 0 bridgehead atoms. The third kappa shape index (κ3) is 4.25. The second-order valence-electron chi connectivity index (χ2n) is 6.80. The number of carbonyl (C=O) groups is 1. The molecule has 0 atom stereocenters. The number of carbonyl (C=O) groups excluding carboxylic acids is 1. The second-order valence-corrected chi connectivity index (χ2v) is 6.80. The third-order valence-corrected chi connectivity index (χ3v) is 4.69. The number of hydrogen-bond acceptors (Lipinski definition) is 2. The van der Waals surface area contributed by atoms with Crippen molar-refractivity contribution in [2.24, 2.45) is 0 Å². The molecule has 4 aromatic rings. The second kappa shape index (κ2) is 7.82. The molecule has 0 aliphatic carbocycles. The highest BCUT2D eigenvalue weighted by molar-refractivity contribution is 6.07. The lowest BCUT2D eigenvalue weighted by atomic mass is 10.1. The lowest BCUT2D eigenvalue weighted by Gasteiger charge is -2.08. The summed E-state index contributed by atoms with van der Waals surface area (Å²) in [5.74, 6) is -2.70. The molecule has 1 heterocycles. The summed E-state index contributed by atoms with van der Waals surface area (Å²) in [7, 11) is 0. The lowest BCUT2D eigenvalue weighted by Crippen LogP contribution is -2.13. The molecule has 0 aliphatic heterocycles. The Balaban J connectivity index is 1.63. The number of amides is 1. The van der Waals surface area contributed by atoms with Crippen LogP contribution in [0.4, 0.5) is 27.8 Å². The molecule has 1 amide bonds. The van der Waals surface area contributed by atoms with E-state index in [0.717, 1.165) is 30.3 Å². The van der Waals surface area contributed by atoms with Crippen molar-refractivity contribution in [2.45, 2.75) is 12.7 Å². The van der Waals surface area contributed by atoms with Gasteiger partial charge in [0.05, 0.1) is 17.6 Å². The van der Waals surface area contributed by atoms with Crippen molar-refractivity contribution in [3.05, 3.63) is 95.1 Å². The number of hydrogen-bond donors (Lipinski definition) is 1. The van der Waals surface area contributed by atoms with E-state index in [2.05, 4.69) is 10.4 Å². The van der Waals surface area contributed by atoms with E-state index >= 15 is 0 Å². The minimum Gasteiger partial charge on any atom is -0.305 e. The zero-order valence-corrected chi connectivity index (χ0v) is 15.8. The van der Waals surface area contributed by atoms with E-state index in [1.807, 2.05) is 0 Å². The summed E-state index contributed by atoms with van der Waals surface area (Å²) in [5.41, 5.74) is 0.393. The van der Waals surface area contributed by atoms with Gasteiger partial charge in [-0.15, -0.1) is 0 Å². The minimum atomic E-state index is -4.42. The van der Waals surface area contributed by atoms with E-state index in [4.69, 9.17) is 0 Å². The molecular formula is C22H14F5N3O. The zero-order valence-electron chi connectivity index (χ0n) is 15.8. The molecule has 0 saturated heterocycles. The maximum absolute atomic E-state index is 13.4. The summed E-state index contributed by atoms with van der Waals surface area (Å²) in [4.78, 5) is 12.5. The van der Waals surface area contributed by atoms with Gasteiger partial charge in [0, 0.05) is 10.9 Å². The van der Waals surface area contributed by atoms with Crippen LogP contribution in [0.15, 0.2) is 66.7 Å². The van der Waals surface area contributed by atoms with E-state index in [1.54, 1.807) is 28.9 Å². The molecule has 4 rings (SSSR count). The van der Waals surface area contributed by atoms with Crippen LogP contribution in [-0.2, 0) is 12.7 Å². The van der Waals surface area contributed by atoms with Gasteiger partial charge in [0.15, 0.2) is 17.5 Å². The normalized spacial score (nSPS) is 11.6. The van der Waals surface area contributed by atoms with Gasteiger partial charge in [0.2, 0.25) is 0 Å². The molecule has 3 aromatic carbocycles. The number of anilines is 1. The molecule has 158 valence electrons. The number of fused-ring (bicyclic) bond motifs is 1. The quantitative estimate of drug-likeness (QED) is 0.426. The van der Waals surface area contributed by atoms with Crippen LogP contribution >= 0.6 is 0 Å². The van der Waals surface area contributed by atoms with Crippen LogP contribution in [0.25, 0.3) is 10.9 Å². The van der Waals surface area contributed by atoms with Gasteiger partial charge in [-0.2, -0.15) is 18.3 Å². The lowest BCUT2D eigenvalue weighted by molar-refractivity contribution is -0.137. The Bertz CT molecular complexity index is 1260. The largest absolute Gasteiger partial charge is 0.416 e. The van der Waals surface area contributed by atoms with E-state index in [-0.39, 0.29) is 17.9 Å². The van der Waals surface area contributed by atoms with Crippen LogP contribution in [0.2, 0.25) is 0 Å². The Morgan fingerprint density at radius 2 is 1.65 bits per heavy atom. The first-order valence-corrected chi connectivity index (χ1v) is 9.10. The predicted octanol–water partition coefficient (Wildman–Crippen LogP) is 5.63. The summed E-state index contributed by atoms with van der Waals surface area (Å²) in [6.45, 7) is 0.166. The van der Waals surface area contributed by atoms with Crippen LogP contribution in [0.1, 0.15) is 21.5 Å². The van der Waals surface area contributed by atoms with Gasteiger partial charge in [0.1, 0.15) is 0 Å². The van der Waals surface area contributed by atoms with Crippen molar-refractivity contribution >= 4 is 22.6 Å². The standard InChI is InChI=1S/C22H14F5N3O/c23-17-10-7-14(11-18(17)24)21(31)28-20-16-3-1-2-4-19(16)30(29-20)12-13-5-8-15(9-6-13)22(25,26)27/h1-11H,12H2,(H,28,29,31). The summed E-state index contributed by atoms with van der Waals surface area (Å²) >= 11 is 0. The van der Waals surface area contributed by atoms with Crippen LogP contribution in [0.5, 0.6) is 0 Å². The number of rotatable bonds is 4. The number of benzene rings is 3. The highest BCUT2D eigenvalue weighted by Crippen LogP contribution is 2.30. The molecule has 0 spiro atoms. The molecule has 0 unspecified atom stereocenters. The van der Waals surface area contributed by atoms with Crippen LogP contribution in [0.3, 0.4) is 0 Å². The van der Waals surface area contributed by atoms with E-state index in [9.17, 15) is 26.7 Å². The SMILES string of the molecule is O=C(Nc1nn(Cc2ccc(C(F)(F)F)cc2)c2ccccc12)c1ccc(F)c(F)c1. The summed E-state index contributed by atoms with van der Waals surface area (Å²) in [6.07, 6.45) is -4.42. The summed E-state index contributed by atoms with van der Waals surface area (Å²) in [5, 5.41) is 7.52. The highest BCUT2D eigenvalue weighted by atomic mass is 19.4. The van der Waals surface area contributed by atoms with Crippen molar-refractivity contribution in [2.75, 3.05) is 5.32 Å². The molecular weight excluding hydrogens is 417 g/mol. The Kier molecular flexibility index (Phi) is 5.18. The van der Waals surface area contributed by atoms with E-state index in [0.29, 0.717) is 16.5 Å². The van der Waals surface area contributed by atoms with Crippen molar-refractivity contribution in [3.63, 3.8) is 0 Å². The van der Waals surface area contributed by atoms with E-state index < -0.39 is 29.3 Å². The molecule has 9 heteroatoms. The highest BCUT2D eigenvalue weighted by Gasteiger charge is 2.30. The fourth-order valence-corrected chi connectivity index (χ4v) is 3.13. The van der Waals surface area contributed by atoms with Gasteiger partial charge in [-0.25, -0.2) is 8.78 Å². The van der Waals surface area contributed by atoms with Gasteiger partial charge >= 0.3 is 6.18 Å². The first kappa shape index (κ1) is 20.5. The van der Waals surface area contributed by atoms with Crippen molar-refractivity contribution in [1.82, 2.24) is 9.78 Å². The van der Waals surface area contributed by atoms with Crippen molar-refractivity contribution in [3.8, 4) is 0 Å². The Morgan fingerprint density at radius 1 is 0.935 bits per heavy atom. The number of nitrogens with one attached hydrogen (secondary N) is 1. The maximum Gasteiger partial charge on any atom is 0.416 e. The fourth-order valence-electron chi connectivity index (χ4n) is 3.13. The van der Waals surface area contributed by atoms with Gasteiger partial charge in [0.25, 0.3) is 5.91 Å². The number of para-hydroxylation sites is 1. The number of alkyl halides is 3. The van der Waals surface area contributed by atoms with Gasteiger partial charge in [-0.3, -0.25) is 9.48 Å². The summed E-state index contributed by atoms with van der Waals surface area (Å²) in [6, 6.07) is 14.4. The molecule has 1 aromatic heterocycles. The van der Waals surface area contributed by atoms with Gasteiger partial charge in [-0.05, 0) is 48.0 Å². The summed E-state index contributed by atoms with van der Waals surface area (Å²) < 4.78 is 66.4. The van der Waals surface area contributed by atoms with Gasteiger partial charge in [-0.1, -0.05) is 24.3 Å². The van der Waals surface area contributed by atoms with Crippen molar-refractivity contribution in [1.29, 1.82) is 0 Å². The Labute approximate surface area is 172 Å². The Hall–Kier alpha value is -3.75. The van der Waals surface area contributed by atoms with Crippen molar-refractivity contribution < 1.29 is 26.7 Å². The Morgan fingerprint density at radius 3 is 2.32 bits per heavy atom. The topological polar surface area (TPSA) is 46.9 Å². The fraction of sp³-hybridized carbons (Fsp3) is 0.0909. The van der Waals surface area contributed by atoms with Gasteiger partial charge < -0.3 is 5.32 Å². The minimum absolute atomic E-state index is 0.0831. The molecule has 0 saturated carbocycles. The van der Waals surface area contributed by atoms with Crippen LogP contribution in [0, 0.1) is 11.6 Å². The monoisotopic (exact) mass is 431 g/mol. The smallest absolute Gasteiger partial charge is 0.305 e. The molecule has 31 heavy (non-hydrogen) atoms. The molecule has 4 nitrogen and oxygen atoms in total.